The zero-order chi connectivity index (χ0) is 28.8. The van der Waals surface area contributed by atoms with Crippen molar-refractivity contribution in [2.75, 3.05) is 0 Å². The minimum absolute atomic E-state index is 0.0543. The molecule has 1 aliphatic rings. The van der Waals surface area contributed by atoms with E-state index in [1.807, 2.05) is 0 Å². The lowest BCUT2D eigenvalue weighted by Crippen LogP contribution is -2.28. The molecule has 0 aromatic heterocycles. The van der Waals surface area contributed by atoms with E-state index in [9.17, 15) is 40.2 Å². The van der Waals surface area contributed by atoms with Gasteiger partial charge in [0.1, 0.15) is 57.0 Å². The van der Waals surface area contributed by atoms with Crippen LogP contribution in [0.4, 0.5) is 0 Å². The number of hydrogen-bond donors (Lipinski definition) is 6. The molecule has 4 rings (SSSR count). The van der Waals surface area contributed by atoms with Crippen molar-refractivity contribution in [3.8, 4) is 40.2 Å². The Balaban J connectivity index is 1.92. The molecule has 3 aromatic carbocycles. The van der Waals surface area contributed by atoms with Gasteiger partial charge in [-0.25, -0.2) is 0 Å². The molecule has 9 nitrogen and oxygen atoms in total. The Bertz CT molecular complexity index is 1580. The van der Waals surface area contributed by atoms with Crippen LogP contribution < -0.4 is 4.74 Å². The Hall–Kier alpha value is -4.92. The van der Waals surface area contributed by atoms with Crippen molar-refractivity contribution in [2.24, 2.45) is 0 Å². The monoisotopic (exact) mass is 532 g/mol. The van der Waals surface area contributed by atoms with Gasteiger partial charge in [0.05, 0.1) is 5.56 Å². The van der Waals surface area contributed by atoms with Crippen molar-refractivity contribution < 1.29 is 45.0 Å². The van der Waals surface area contributed by atoms with E-state index >= 15 is 0 Å². The zero-order valence-electron chi connectivity index (χ0n) is 21.7. The number of benzene rings is 3. The second kappa shape index (κ2) is 9.75. The van der Waals surface area contributed by atoms with E-state index in [4.69, 9.17) is 4.74 Å². The van der Waals surface area contributed by atoms with Crippen LogP contribution in [0.3, 0.4) is 0 Å². The molecule has 0 aliphatic carbocycles. The number of phenols is 6. The molecule has 6 N–H and O–H groups in total. The summed E-state index contributed by atoms with van der Waals surface area (Å²) >= 11 is 0. The molecule has 0 unspecified atom stereocenters. The molecule has 1 heterocycles. The number of phenolic OH excluding ortho intramolecular Hbond substituents is 6. The van der Waals surface area contributed by atoms with Gasteiger partial charge in [0, 0.05) is 23.1 Å². The molecule has 0 spiro atoms. The first-order valence-corrected chi connectivity index (χ1v) is 12.0. The lowest BCUT2D eigenvalue weighted by atomic mass is 9.89. The fourth-order valence-corrected chi connectivity index (χ4v) is 4.43. The van der Waals surface area contributed by atoms with E-state index in [0.29, 0.717) is 5.56 Å². The van der Waals surface area contributed by atoms with Gasteiger partial charge < -0.3 is 35.4 Å². The maximum absolute atomic E-state index is 13.4. The molecule has 0 bridgehead atoms. The predicted molar refractivity (Wildman–Crippen MR) is 144 cm³/mol. The molecule has 0 atom stereocenters. The predicted octanol–water partition coefficient (Wildman–Crippen LogP) is 5.10. The second-order valence-corrected chi connectivity index (χ2v) is 9.88. The highest BCUT2D eigenvalue weighted by atomic mass is 16.5. The van der Waals surface area contributed by atoms with E-state index in [0.717, 1.165) is 6.92 Å². The van der Waals surface area contributed by atoms with Crippen LogP contribution in [0.25, 0.3) is 12.2 Å². The number of hydrogen-bond acceptors (Lipinski definition) is 9. The summed E-state index contributed by atoms with van der Waals surface area (Å²) < 4.78 is 5.97. The number of Topliss-reactive ketones (excluding diaryl/α,β-unsaturated/α-hetero) is 1. The highest BCUT2D eigenvalue weighted by Gasteiger charge is 2.34. The quantitative estimate of drug-likeness (QED) is 0.187. The van der Waals surface area contributed by atoms with Crippen molar-refractivity contribution in [1.29, 1.82) is 0 Å². The lowest BCUT2D eigenvalue weighted by molar-refractivity contribution is 0.100. The third kappa shape index (κ3) is 4.86. The van der Waals surface area contributed by atoms with Gasteiger partial charge in [0.25, 0.3) is 0 Å². The van der Waals surface area contributed by atoms with Crippen LogP contribution in [0.2, 0.25) is 0 Å². The van der Waals surface area contributed by atoms with Crippen molar-refractivity contribution in [3.05, 3.63) is 75.4 Å². The number of aromatic hydroxyl groups is 6. The van der Waals surface area contributed by atoms with E-state index in [2.05, 4.69) is 0 Å². The van der Waals surface area contributed by atoms with Crippen molar-refractivity contribution >= 4 is 23.7 Å². The molecule has 3 aromatic rings. The van der Waals surface area contributed by atoms with Crippen LogP contribution in [0, 0.1) is 6.92 Å². The SMILES string of the molecule is CC(=O)c1c(O)c(C)c(O)c(Cc2c(O)c3c(c(C(=O)C=Cc4ccc(O)cc4)c2O)OC(C)(C)C=C3)c1O. The molecule has 0 fully saturated rings. The first kappa shape index (κ1) is 27.1. The minimum atomic E-state index is -0.871. The standard InChI is InChI=1S/C30H28O9/c1-14-24(34)19(27(37)22(15(2)31)25(14)35)13-20-26(36)18-11-12-30(3,4)39-29(18)23(28(20)38)21(33)10-7-16-5-8-17(32)9-6-16/h5-12,32,34-38H,13H2,1-4H3. The summed E-state index contributed by atoms with van der Waals surface area (Å²) in [5.74, 6) is -4.28. The highest BCUT2D eigenvalue weighted by Crippen LogP contribution is 2.50. The number of allylic oxidation sites excluding steroid dienone is 1. The summed E-state index contributed by atoms with van der Waals surface area (Å²) in [5, 5.41) is 63.7. The third-order valence-electron chi connectivity index (χ3n) is 6.58. The lowest BCUT2D eigenvalue weighted by Gasteiger charge is -2.30. The number of rotatable bonds is 6. The number of carbonyl (C=O) groups is 2. The van der Waals surface area contributed by atoms with Crippen LogP contribution in [-0.4, -0.2) is 47.8 Å². The minimum Gasteiger partial charge on any atom is -0.508 e. The number of ketones is 2. The topological polar surface area (TPSA) is 165 Å². The van der Waals surface area contributed by atoms with Gasteiger partial charge in [0.2, 0.25) is 0 Å². The fraction of sp³-hybridized carbons (Fsp3) is 0.200. The molecule has 0 radical (unpaired) electrons. The molecular weight excluding hydrogens is 504 g/mol. The highest BCUT2D eigenvalue weighted by molar-refractivity contribution is 6.12. The molecule has 202 valence electrons. The number of fused-ring (bicyclic) bond motifs is 1. The van der Waals surface area contributed by atoms with Gasteiger partial charge in [-0.05, 0) is 63.6 Å². The molecule has 0 saturated carbocycles. The van der Waals surface area contributed by atoms with Crippen LogP contribution in [0.1, 0.15) is 69.3 Å². The Labute approximate surface area is 224 Å². The molecule has 39 heavy (non-hydrogen) atoms. The Kier molecular flexibility index (Phi) is 6.78. The Morgan fingerprint density at radius 1 is 0.846 bits per heavy atom. The summed E-state index contributed by atoms with van der Waals surface area (Å²) in [6, 6.07) is 6.08. The smallest absolute Gasteiger partial charge is 0.193 e. The van der Waals surface area contributed by atoms with Gasteiger partial charge in [0.15, 0.2) is 11.6 Å². The maximum atomic E-state index is 13.4. The summed E-state index contributed by atoms with van der Waals surface area (Å²) in [4.78, 5) is 25.5. The molecule has 0 amide bonds. The van der Waals surface area contributed by atoms with Crippen LogP contribution in [0.15, 0.2) is 36.4 Å². The van der Waals surface area contributed by atoms with Crippen molar-refractivity contribution in [2.45, 2.75) is 39.7 Å². The molecule has 9 heteroatoms. The van der Waals surface area contributed by atoms with Crippen LogP contribution in [-0.2, 0) is 6.42 Å². The van der Waals surface area contributed by atoms with E-state index < -0.39 is 57.9 Å². The molecule has 1 aliphatic heterocycles. The summed E-state index contributed by atoms with van der Waals surface area (Å²) in [7, 11) is 0. The molecule has 0 saturated heterocycles. The summed E-state index contributed by atoms with van der Waals surface area (Å²) in [6.45, 7) is 5.93. The Morgan fingerprint density at radius 2 is 1.44 bits per heavy atom. The summed E-state index contributed by atoms with van der Waals surface area (Å²) in [6.07, 6.45) is 5.38. The maximum Gasteiger partial charge on any atom is 0.193 e. The first-order chi connectivity index (χ1) is 18.2. The largest absolute Gasteiger partial charge is 0.508 e. The number of carbonyl (C=O) groups excluding carboxylic acids is 2. The average molecular weight is 533 g/mol. The first-order valence-electron chi connectivity index (χ1n) is 12.0. The van der Waals surface area contributed by atoms with Gasteiger partial charge >= 0.3 is 0 Å². The van der Waals surface area contributed by atoms with Gasteiger partial charge in [-0.2, -0.15) is 0 Å². The van der Waals surface area contributed by atoms with Gasteiger partial charge in [-0.3, -0.25) is 9.59 Å². The zero-order valence-corrected chi connectivity index (χ0v) is 21.7. The summed E-state index contributed by atoms with van der Waals surface area (Å²) in [5.41, 5.74) is -1.38. The molecular formula is C30H28O9. The average Bonchev–Trinajstić information content (AvgIpc) is 2.86. The van der Waals surface area contributed by atoms with E-state index in [1.54, 1.807) is 38.1 Å². The van der Waals surface area contributed by atoms with Gasteiger partial charge in [-0.15, -0.1) is 0 Å². The van der Waals surface area contributed by atoms with E-state index in [1.165, 1.54) is 31.2 Å². The van der Waals surface area contributed by atoms with Crippen LogP contribution in [0.5, 0.6) is 40.2 Å². The number of ether oxygens (including phenoxy) is 1. The normalized spacial score (nSPS) is 13.7. The second-order valence-electron chi connectivity index (χ2n) is 9.88. The van der Waals surface area contributed by atoms with E-state index in [-0.39, 0.29) is 39.3 Å². The fourth-order valence-electron chi connectivity index (χ4n) is 4.43. The van der Waals surface area contributed by atoms with Gasteiger partial charge in [-0.1, -0.05) is 18.2 Å². The van der Waals surface area contributed by atoms with Crippen molar-refractivity contribution in [1.82, 2.24) is 0 Å². The van der Waals surface area contributed by atoms with Crippen molar-refractivity contribution in [3.63, 3.8) is 0 Å². The van der Waals surface area contributed by atoms with Crippen LogP contribution >= 0.6 is 0 Å². The Morgan fingerprint density at radius 3 is 2.05 bits per heavy atom. The third-order valence-corrected chi connectivity index (χ3v) is 6.58.